The highest BCUT2D eigenvalue weighted by molar-refractivity contribution is 6.30. The number of aliphatic carboxylic acids is 1. The van der Waals surface area contributed by atoms with Gasteiger partial charge in [-0.1, -0.05) is 24.9 Å². The van der Waals surface area contributed by atoms with Crippen LogP contribution in [0.4, 0.5) is 5.69 Å². The Kier molecular flexibility index (Phi) is 5.68. The van der Waals surface area contributed by atoms with Crippen molar-refractivity contribution in [3.63, 3.8) is 0 Å². The maximum atomic E-state index is 10.7. The molecule has 1 atom stereocenters. The van der Waals surface area contributed by atoms with Crippen LogP contribution in [0.2, 0.25) is 5.02 Å². The molecule has 1 aromatic carbocycles. The summed E-state index contributed by atoms with van der Waals surface area (Å²) in [6.07, 6.45) is 7.69. The predicted octanol–water partition coefficient (Wildman–Crippen LogP) is 4.45. The first kappa shape index (κ1) is 15.9. The van der Waals surface area contributed by atoms with Crippen molar-refractivity contribution in [2.45, 2.75) is 32.6 Å². The average Bonchev–Trinajstić information content (AvgIpc) is 2.70. The molecule has 4 heteroatoms. The molecular formula is C17H22ClNO2. The lowest BCUT2D eigenvalue weighted by Gasteiger charge is -2.25. The molecule has 1 aliphatic rings. The molecule has 1 aliphatic heterocycles. The highest BCUT2D eigenvalue weighted by Gasteiger charge is 2.17. The van der Waals surface area contributed by atoms with Crippen LogP contribution in [0.15, 0.2) is 24.3 Å². The largest absolute Gasteiger partial charge is 0.478 e. The van der Waals surface area contributed by atoms with E-state index in [2.05, 4.69) is 11.8 Å². The number of rotatable bonds is 4. The first-order valence-electron chi connectivity index (χ1n) is 7.55. The summed E-state index contributed by atoms with van der Waals surface area (Å²) in [5.41, 5.74) is 1.95. The number of benzene rings is 1. The van der Waals surface area contributed by atoms with E-state index >= 15 is 0 Å². The summed E-state index contributed by atoms with van der Waals surface area (Å²) in [6, 6.07) is 5.70. The fourth-order valence-corrected chi connectivity index (χ4v) is 3.10. The van der Waals surface area contributed by atoms with E-state index in [-0.39, 0.29) is 0 Å². The molecule has 1 saturated heterocycles. The first-order chi connectivity index (χ1) is 10.1. The van der Waals surface area contributed by atoms with E-state index in [1.54, 1.807) is 6.08 Å². The van der Waals surface area contributed by atoms with Crippen LogP contribution in [0.25, 0.3) is 6.08 Å². The van der Waals surface area contributed by atoms with Gasteiger partial charge < -0.3 is 10.0 Å². The number of hydrogen-bond donors (Lipinski definition) is 1. The van der Waals surface area contributed by atoms with Gasteiger partial charge in [0.25, 0.3) is 0 Å². The molecule has 0 aromatic heterocycles. The molecule has 2 rings (SSSR count). The molecule has 21 heavy (non-hydrogen) atoms. The van der Waals surface area contributed by atoms with Crippen LogP contribution in [0.1, 0.15) is 38.2 Å². The molecule has 1 fully saturated rings. The maximum Gasteiger partial charge on any atom is 0.328 e. The second-order valence-electron chi connectivity index (χ2n) is 5.57. The number of carbonyl (C=O) groups is 1. The summed E-state index contributed by atoms with van der Waals surface area (Å²) in [7, 11) is 0. The summed E-state index contributed by atoms with van der Waals surface area (Å²) < 4.78 is 0. The molecule has 1 unspecified atom stereocenters. The van der Waals surface area contributed by atoms with Gasteiger partial charge in [0.2, 0.25) is 0 Å². The van der Waals surface area contributed by atoms with Crippen LogP contribution < -0.4 is 4.90 Å². The van der Waals surface area contributed by atoms with Gasteiger partial charge in [-0.05, 0) is 55.0 Å². The van der Waals surface area contributed by atoms with Crippen LogP contribution >= 0.6 is 11.6 Å². The smallest absolute Gasteiger partial charge is 0.328 e. The third-order valence-corrected chi connectivity index (χ3v) is 4.40. The normalized spacial score (nSPS) is 19.7. The van der Waals surface area contributed by atoms with Crippen LogP contribution in [-0.2, 0) is 4.79 Å². The second kappa shape index (κ2) is 7.51. The Hall–Kier alpha value is -1.48. The fraction of sp³-hybridized carbons (Fsp3) is 0.471. The molecule has 114 valence electrons. The summed E-state index contributed by atoms with van der Waals surface area (Å²) in [6.45, 7) is 4.30. The van der Waals surface area contributed by atoms with Crippen molar-refractivity contribution in [3.05, 3.63) is 34.9 Å². The molecule has 0 saturated carbocycles. The monoisotopic (exact) mass is 307 g/mol. The van der Waals surface area contributed by atoms with E-state index in [1.807, 2.05) is 18.2 Å². The van der Waals surface area contributed by atoms with E-state index in [1.165, 1.54) is 31.8 Å². The van der Waals surface area contributed by atoms with E-state index in [0.717, 1.165) is 30.3 Å². The number of anilines is 1. The van der Waals surface area contributed by atoms with Crippen LogP contribution in [0.5, 0.6) is 0 Å². The minimum Gasteiger partial charge on any atom is -0.478 e. The lowest BCUT2D eigenvalue weighted by molar-refractivity contribution is -0.131. The van der Waals surface area contributed by atoms with Crippen molar-refractivity contribution in [2.75, 3.05) is 18.0 Å². The Morgan fingerprint density at radius 1 is 1.43 bits per heavy atom. The topological polar surface area (TPSA) is 40.5 Å². The van der Waals surface area contributed by atoms with Gasteiger partial charge in [0.1, 0.15) is 0 Å². The minimum absolute atomic E-state index is 0.630. The molecular weight excluding hydrogens is 286 g/mol. The van der Waals surface area contributed by atoms with Crippen molar-refractivity contribution >= 4 is 29.3 Å². The van der Waals surface area contributed by atoms with Gasteiger partial charge in [-0.3, -0.25) is 0 Å². The van der Waals surface area contributed by atoms with Crippen molar-refractivity contribution in [3.8, 4) is 0 Å². The molecule has 1 heterocycles. The molecule has 0 amide bonds. The van der Waals surface area contributed by atoms with E-state index < -0.39 is 5.97 Å². The molecule has 1 N–H and O–H groups in total. The highest BCUT2D eigenvalue weighted by Crippen LogP contribution is 2.29. The lowest BCUT2D eigenvalue weighted by Crippen LogP contribution is -2.25. The van der Waals surface area contributed by atoms with Gasteiger partial charge in [0.15, 0.2) is 0 Å². The van der Waals surface area contributed by atoms with Gasteiger partial charge >= 0.3 is 5.97 Å². The molecule has 0 radical (unpaired) electrons. The van der Waals surface area contributed by atoms with E-state index in [9.17, 15) is 4.79 Å². The summed E-state index contributed by atoms with van der Waals surface area (Å²) >= 11 is 6.05. The molecule has 0 spiro atoms. The SMILES string of the molecule is CCC1CCCN(c2ccc(Cl)cc2/C=C/C(=O)O)CC1. The zero-order valence-corrected chi connectivity index (χ0v) is 13.1. The predicted molar refractivity (Wildman–Crippen MR) is 88.0 cm³/mol. The van der Waals surface area contributed by atoms with Gasteiger partial charge in [-0.2, -0.15) is 0 Å². The third kappa shape index (κ3) is 4.50. The molecule has 0 bridgehead atoms. The number of halogens is 1. The Bertz CT molecular complexity index is 528. The summed E-state index contributed by atoms with van der Waals surface area (Å²) in [5, 5.41) is 9.45. The number of hydrogen-bond acceptors (Lipinski definition) is 2. The Labute approximate surface area is 131 Å². The summed E-state index contributed by atoms with van der Waals surface area (Å²) in [4.78, 5) is 13.1. The quantitative estimate of drug-likeness (QED) is 0.835. The number of carboxylic acid groups (broad SMARTS) is 1. The van der Waals surface area contributed by atoms with Crippen LogP contribution in [-0.4, -0.2) is 24.2 Å². The van der Waals surface area contributed by atoms with Crippen molar-refractivity contribution in [1.82, 2.24) is 0 Å². The Morgan fingerprint density at radius 2 is 2.24 bits per heavy atom. The lowest BCUT2D eigenvalue weighted by atomic mass is 9.98. The average molecular weight is 308 g/mol. The molecule has 3 nitrogen and oxygen atoms in total. The summed E-state index contributed by atoms with van der Waals surface area (Å²) in [5.74, 6) is -0.136. The van der Waals surface area contributed by atoms with Crippen molar-refractivity contribution in [1.29, 1.82) is 0 Å². The fourth-order valence-electron chi connectivity index (χ4n) is 2.92. The van der Waals surface area contributed by atoms with E-state index in [4.69, 9.17) is 16.7 Å². The van der Waals surface area contributed by atoms with Gasteiger partial charge in [0.05, 0.1) is 0 Å². The Morgan fingerprint density at radius 3 is 2.95 bits per heavy atom. The van der Waals surface area contributed by atoms with Gasteiger partial charge in [-0.25, -0.2) is 4.79 Å². The second-order valence-corrected chi connectivity index (χ2v) is 6.00. The van der Waals surface area contributed by atoms with Gasteiger partial charge in [0, 0.05) is 29.9 Å². The standard InChI is InChI=1S/C17H22ClNO2/c1-2-13-4-3-10-19(11-9-13)16-7-6-15(18)12-14(16)5-8-17(20)21/h5-8,12-13H,2-4,9-11H2,1H3,(H,20,21)/b8-5+. The number of nitrogens with zero attached hydrogens (tertiary/aromatic N) is 1. The zero-order valence-electron chi connectivity index (χ0n) is 12.4. The Balaban J connectivity index is 2.23. The van der Waals surface area contributed by atoms with Crippen molar-refractivity contribution < 1.29 is 9.90 Å². The third-order valence-electron chi connectivity index (χ3n) is 4.16. The molecule has 1 aromatic rings. The molecule has 0 aliphatic carbocycles. The first-order valence-corrected chi connectivity index (χ1v) is 7.93. The number of carboxylic acids is 1. The van der Waals surface area contributed by atoms with E-state index in [0.29, 0.717) is 5.02 Å². The minimum atomic E-state index is -0.942. The maximum absolute atomic E-state index is 10.7. The van der Waals surface area contributed by atoms with Crippen LogP contribution in [0.3, 0.4) is 0 Å². The van der Waals surface area contributed by atoms with Crippen molar-refractivity contribution in [2.24, 2.45) is 5.92 Å². The van der Waals surface area contributed by atoms with Crippen LogP contribution in [0, 0.1) is 5.92 Å². The van der Waals surface area contributed by atoms with Gasteiger partial charge in [-0.15, -0.1) is 0 Å². The zero-order chi connectivity index (χ0) is 15.2. The highest BCUT2D eigenvalue weighted by atomic mass is 35.5.